The van der Waals surface area contributed by atoms with Gasteiger partial charge in [-0.1, -0.05) is 18.2 Å². The summed E-state index contributed by atoms with van der Waals surface area (Å²) in [6.07, 6.45) is 0. The maximum atomic E-state index is 12.6. The molecular formula is C19H23N3O2S. The Kier molecular flexibility index (Phi) is 3.85. The largest absolute Gasteiger partial charge is 0.340 e. The number of carbonyl (C=O) groups is 2. The van der Waals surface area contributed by atoms with Crippen LogP contribution >= 0.6 is 11.3 Å². The van der Waals surface area contributed by atoms with Crippen LogP contribution in [0.2, 0.25) is 0 Å². The third kappa shape index (κ3) is 2.73. The molecule has 2 saturated heterocycles. The average molecular weight is 357 g/mol. The molecule has 0 radical (unpaired) electrons. The van der Waals surface area contributed by atoms with Crippen molar-refractivity contribution in [3.63, 3.8) is 0 Å². The van der Waals surface area contributed by atoms with Crippen molar-refractivity contribution in [2.45, 2.75) is 38.9 Å². The maximum absolute atomic E-state index is 12.6. The van der Waals surface area contributed by atoms with Gasteiger partial charge in [0.2, 0.25) is 11.8 Å². The van der Waals surface area contributed by atoms with Crippen molar-refractivity contribution < 1.29 is 9.59 Å². The molecule has 6 heteroatoms. The van der Waals surface area contributed by atoms with Gasteiger partial charge in [-0.2, -0.15) is 0 Å². The molecule has 2 fully saturated rings. The van der Waals surface area contributed by atoms with Crippen molar-refractivity contribution in [3.8, 4) is 0 Å². The molecule has 2 aromatic rings. The molecule has 3 heterocycles. The number of nitrogens with one attached hydrogen (secondary N) is 1. The molecule has 2 amide bonds. The number of thiophene rings is 1. The van der Waals surface area contributed by atoms with Crippen LogP contribution in [0.5, 0.6) is 0 Å². The number of hydrogen-bond donors (Lipinski definition) is 1. The summed E-state index contributed by atoms with van der Waals surface area (Å²) in [7, 11) is 0. The fraction of sp³-hybridized carbons (Fsp3) is 0.474. The van der Waals surface area contributed by atoms with Gasteiger partial charge in [-0.05, 0) is 37.8 Å². The van der Waals surface area contributed by atoms with Gasteiger partial charge in [0.25, 0.3) is 0 Å². The van der Waals surface area contributed by atoms with Crippen LogP contribution in [0, 0.1) is 6.92 Å². The summed E-state index contributed by atoms with van der Waals surface area (Å²) in [6, 6.07) is 8.10. The number of piperazine rings is 2. The van der Waals surface area contributed by atoms with E-state index in [0.717, 1.165) is 13.1 Å². The Morgan fingerprint density at radius 1 is 1.24 bits per heavy atom. The van der Waals surface area contributed by atoms with E-state index >= 15 is 0 Å². The average Bonchev–Trinajstić information content (AvgIpc) is 2.88. The van der Waals surface area contributed by atoms with E-state index in [1.165, 1.54) is 20.5 Å². The molecule has 1 N–H and O–H groups in total. The number of fused-ring (bicyclic) bond motifs is 2. The first-order valence-corrected chi connectivity index (χ1v) is 9.51. The smallest absolute Gasteiger partial charge is 0.248 e. The minimum Gasteiger partial charge on any atom is -0.340 e. The van der Waals surface area contributed by atoms with Gasteiger partial charge in [0.05, 0.1) is 0 Å². The number of nitrogens with zero attached hydrogens (tertiary/aromatic N) is 2. The maximum Gasteiger partial charge on any atom is 0.248 e. The van der Waals surface area contributed by atoms with Crippen LogP contribution in [0.4, 0.5) is 0 Å². The molecule has 0 bridgehead atoms. The Balaban J connectivity index is 1.56. The van der Waals surface area contributed by atoms with E-state index in [1.54, 1.807) is 18.7 Å². The molecule has 5 nitrogen and oxygen atoms in total. The van der Waals surface area contributed by atoms with E-state index in [9.17, 15) is 9.59 Å². The van der Waals surface area contributed by atoms with Crippen LogP contribution in [0.3, 0.4) is 0 Å². The van der Waals surface area contributed by atoms with Crippen LogP contribution in [-0.2, 0) is 16.1 Å². The molecule has 2 aliphatic heterocycles. The quantitative estimate of drug-likeness (QED) is 0.896. The monoisotopic (exact) mass is 357 g/mol. The van der Waals surface area contributed by atoms with E-state index in [-0.39, 0.29) is 17.9 Å². The molecule has 25 heavy (non-hydrogen) atoms. The standard InChI is InChI=1S/C19H23N3O2S/c1-12-14(13-6-4-5-7-16(13)25-12)10-21-8-9-22-15(11-21)17(23)20-19(2,3)18(22)24/h4-7,15H,8-11H2,1-3H3,(H,20,23). The fourth-order valence-corrected chi connectivity index (χ4v) is 4.97. The second kappa shape index (κ2) is 5.81. The van der Waals surface area contributed by atoms with Crippen molar-refractivity contribution in [2.24, 2.45) is 0 Å². The number of benzene rings is 1. The SMILES string of the molecule is Cc1sc2ccccc2c1CN1CCN2C(=O)C(C)(C)NC(=O)C2C1. The molecule has 1 unspecified atom stereocenters. The molecule has 1 aromatic carbocycles. The third-order valence-electron chi connectivity index (χ3n) is 5.28. The van der Waals surface area contributed by atoms with Crippen LogP contribution in [-0.4, -0.2) is 52.8 Å². The van der Waals surface area contributed by atoms with E-state index in [2.05, 4.69) is 41.4 Å². The fourth-order valence-electron chi connectivity index (χ4n) is 3.90. The highest BCUT2D eigenvalue weighted by molar-refractivity contribution is 7.19. The van der Waals surface area contributed by atoms with Crippen molar-refractivity contribution in [1.82, 2.24) is 15.1 Å². The first-order valence-electron chi connectivity index (χ1n) is 8.69. The minimum atomic E-state index is -0.796. The first kappa shape index (κ1) is 16.5. The zero-order valence-electron chi connectivity index (χ0n) is 14.8. The second-order valence-corrected chi connectivity index (χ2v) is 8.75. The minimum absolute atomic E-state index is 0.0221. The van der Waals surface area contributed by atoms with Crippen molar-refractivity contribution in [2.75, 3.05) is 19.6 Å². The van der Waals surface area contributed by atoms with Gasteiger partial charge in [-0.3, -0.25) is 14.5 Å². The Morgan fingerprint density at radius 3 is 2.80 bits per heavy atom. The van der Waals surface area contributed by atoms with E-state index < -0.39 is 5.54 Å². The number of carbonyl (C=O) groups excluding carboxylic acids is 2. The highest BCUT2D eigenvalue weighted by atomic mass is 32.1. The van der Waals surface area contributed by atoms with Crippen LogP contribution < -0.4 is 5.32 Å². The topological polar surface area (TPSA) is 52.6 Å². The lowest BCUT2D eigenvalue weighted by atomic mass is 9.95. The zero-order chi connectivity index (χ0) is 17.8. The molecule has 0 spiro atoms. The Hall–Kier alpha value is -1.92. The number of hydrogen-bond acceptors (Lipinski definition) is 4. The molecule has 132 valence electrons. The summed E-state index contributed by atoms with van der Waals surface area (Å²) in [5, 5.41) is 4.17. The van der Waals surface area contributed by atoms with Gasteiger partial charge in [0.1, 0.15) is 11.6 Å². The molecular weight excluding hydrogens is 334 g/mol. The molecule has 0 saturated carbocycles. The molecule has 1 atom stereocenters. The van der Waals surface area contributed by atoms with Crippen molar-refractivity contribution >= 4 is 33.2 Å². The van der Waals surface area contributed by atoms with Crippen molar-refractivity contribution in [3.05, 3.63) is 34.7 Å². The lowest BCUT2D eigenvalue weighted by Crippen LogP contribution is -2.72. The lowest BCUT2D eigenvalue weighted by molar-refractivity contribution is -0.157. The highest BCUT2D eigenvalue weighted by Crippen LogP contribution is 2.32. The third-order valence-corrected chi connectivity index (χ3v) is 6.41. The molecule has 1 aromatic heterocycles. The summed E-state index contributed by atoms with van der Waals surface area (Å²) in [4.78, 5) is 30.4. The van der Waals surface area contributed by atoms with Crippen LogP contribution in [0.15, 0.2) is 24.3 Å². The summed E-state index contributed by atoms with van der Waals surface area (Å²) in [5.41, 5.74) is 0.549. The van der Waals surface area contributed by atoms with Gasteiger partial charge >= 0.3 is 0 Å². The lowest BCUT2D eigenvalue weighted by Gasteiger charge is -2.47. The van der Waals surface area contributed by atoms with Gasteiger partial charge in [0, 0.05) is 35.8 Å². The van der Waals surface area contributed by atoms with E-state index in [4.69, 9.17) is 0 Å². The summed E-state index contributed by atoms with van der Waals surface area (Å²) in [5.74, 6) is -0.0184. The van der Waals surface area contributed by atoms with Crippen LogP contribution in [0.1, 0.15) is 24.3 Å². The predicted octanol–water partition coefficient (Wildman–Crippen LogP) is 2.13. The number of rotatable bonds is 2. The summed E-state index contributed by atoms with van der Waals surface area (Å²) < 4.78 is 1.31. The van der Waals surface area contributed by atoms with E-state index in [0.29, 0.717) is 13.1 Å². The second-order valence-electron chi connectivity index (χ2n) is 7.50. The normalized spacial score (nSPS) is 23.6. The van der Waals surface area contributed by atoms with Gasteiger partial charge in [0.15, 0.2) is 0 Å². The number of aryl methyl sites for hydroxylation is 1. The number of amides is 2. The zero-order valence-corrected chi connectivity index (χ0v) is 15.7. The van der Waals surface area contributed by atoms with Gasteiger partial charge in [-0.15, -0.1) is 11.3 Å². The highest BCUT2D eigenvalue weighted by Gasteiger charge is 2.47. The summed E-state index contributed by atoms with van der Waals surface area (Å²) in [6.45, 7) is 8.54. The Labute approximate surface area is 151 Å². The van der Waals surface area contributed by atoms with Gasteiger partial charge < -0.3 is 10.2 Å². The Morgan fingerprint density at radius 2 is 2.00 bits per heavy atom. The molecule has 0 aliphatic carbocycles. The van der Waals surface area contributed by atoms with E-state index in [1.807, 2.05) is 11.3 Å². The summed E-state index contributed by atoms with van der Waals surface area (Å²) >= 11 is 1.82. The van der Waals surface area contributed by atoms with Crippen molar-refractivity contribution in [1.29, 1.82) is 0 Å². The predicted molar refractivity (Wildman–Crippen MR) is 99.6 cm³/mol. The van der Waals surface area contributed by atoms with Crippen LogP contribution in [0.25, 0.3) is 10.1 Å². The molecule has 2 aliphatic rings. The molecule has 4 rings (SSSR count). The first-order chi connectivity index (χ1) is 11.9. The van der Waals surface area contributed by atoms with Gasteiger partial charge in [-0.25, -0.2) is 0 Å². The Bertz CT molecular complexity index is 857.